The summed E-state index contributed by atoms with van der Waals surface area (Å²) in [5, 5.41) is 5.87. The molecular formula is C27H31F3N4O. The summed E-state index contributed by atoms with van der Waals surface area (Å²) >= 11 is 0. The standard InChI is InChI=1S/C27H31F3N4O/c1-26(2,3)35-22-14-12-20(13-15-22)33-25-31-17-23(27(28,29)30)24(34-25)32-21-11-7-10-19(16-21)18-8-5-4-6-9-18/h7,10-18H,4-6,8-9H2,1-3H3,(H2,31,32,33,34). The zero-order chi connectivity index (χ0) is 25.1. The number of ether oxygens (including phenoxy) is 1. The summed E-state index contributed by atoms with van der Waals surface area (Å²) in [7, 11) is 0. The fourth-order valence-electron chi connectivity index (χ4n) is 4.28. The van der Waals surface area contributed by atoms with Crippen LogP contribution in [0.5, 0.6) is 5.75 Å². The summed E-state index contributed by atoms with van der Waals surface area (Å²) in [6.07, 6.45) is 2.05. The first kappa shape index (κ1) is 24.8. The van der Waals surface area contributed by atoms with Gasteiger partial charge in [-0.3, -0.25) is 0 Å². The lowest BCUT2D eigenvalue weighted by atomic mass is 9.84. The number of benzene rings is 2. The summed E-state index contributed by atoms with van der Waals surface area (Å²) in [6.45, 7) is 5.86. The number of rotatable bonds is 6. The largest absolute Gasteiger partial charge is 0.488 e. The monoisotopic (exact) mass is 484 g/mol. The number of hydrogen-bond acceptors (Lipinski definition) is 5. The maximum Gasteiger partial charge on any atom is 0.421 e. The van der Waals surface area contributed by atoms with Crippen LogP contribution < -0.4 is 15.4 Å². The molecule has 0 saturated heterocycles. The Labute approximate surface area is 204 Å². The number of nitrogens with zero attached hydrogens (tertiary/aromatic N) is 2. The normalized spacial score (nSPS) is 15.0. The predicted octanol–water partition coefficient (Wildman–Crippen LogP) is 8.21. The van der Waals surface area contributed by atoms with Crippen molar-refractivity contribution in [1.29, 1.82) is 0 Å². The predicted molar refractivity (Wildman–Crippen MR) is 133 cm³/mol. The van der Waals surface area contributed by atoms with E-state index in [9.17, 15) is 13.2 Å². The summed E-state index contributed by atoms with van der Waals surface area (Å²) in [4.78, 5) is 8.07. The third-order valence-electron chi connectivity index (χ3n) is 5.85. The van der Waals surface area contributed by atoms with Gasteiger partial charge in [-0.05, 0) is 81.5 Å². The molecule has 0 aliphatic heterocycles. The van der Waals surface area contributed by atoms with Gasteiger partial charge < -0.3 is 15.4 Å². The molecule has 1 heterocycles. The Balaban J connectivity index is 1.56. The molecule has 4 rings (SSSR count). The van der Waals surface area contributed by atoms with Crippen molar-refractivity contribution in [1.82, 2.24) is 9.97 Å². The first-order valence-electron chi connectivity index (χ1n) is 11.9. The number of nitrogens with one attached hydrogen (secondary N) is 2. The lowest BCUT2D eigenvalue weighted by Gasteiger charge is -2.22. The van der Waals surface area contributed by atoms with Crippen molar-refractivity contribution in [3.8, 4) is 5.75 Å². The average molecular weight is 485 g/mol. The fourth-order valence-corrected chi connectivity index (χ4v) is 4.28. The second-order valence-corrected chi connectivity index (χ2v) is 9.90. The molecule has 0 atom stereocenters. The van der Waals surface area contributed by atoms with E-state index in [-0.39, 0.29) is 17.4 Å². The lowest BCUT2D eigenvalue weighted by molar-refractivity contribution is -0.137. The van der Waals surface area contributed by atoms with Crippen LogP contribution in [-0.2, 0) is 6.18 Å². The van der Waals surface area contributed by atoms with Crippen LogP contribution in [0.2, 0.25) is 0 Å². The Bertz CT molecular complexity index is 1130. The molecule has 0 radical (unpaired) electrons. The van der Waals surface area contributed by atoms with E-state index in [1.807, 2.05) is 39.0 Å². The van der Waals surface area contributed by atoms with Gasteiger partial charge in [0.05, 0.1) is 0 Å². The molecule has 1 saturated carbocycles. The highest BCUT2D eigenvalue weighted by molar-refractivity contribution is 5.63. The van der Waals surface area contributed by atoms with Crippen LogP contribution in [0.1, 0.15) is 69.9 Å². The minimum atomic E-state index is -4.59. The first-order chi connectivity index (χ1) is 16.6. The maximum atomic E-state index is 13.7. The summed E-state index contributed by atoms with van der Waals surface area (Å²) in [6, 6.07) is 14.7. The van der Waals surface area contributed by atoms with Crippen LogP contribution in [-0.4, -0.2) is 15.6 Å². The third kappa shape index (κ3) is 6.87. The van der Waals surface area contributed by atoms with Gasteiger partial charge in [-0.2, -0.15) is 18.2 Å². The van der Waals surface area contributed by atoms with Crippen LogP contribution in [0.25, 0.3) is 0 Å². The van der Waals surface area contributed by atoms with Crippen molar-refractivity contribution < 1.29 is 17.9 Å². The van der Waals surface area contributed by atoms with E-state index in [1.54, 1.807) is 30.3 Å². The Kier molecular flexibility index (Phi) is 7.19. The van der Waals surface area contributed by atoms with Gasteiger partial charge in [0.1, 0.15) is 22.7 Å². The van der Waals surface area contributed by atoms with E-state index < -0.39 is 11.7 Å². The van der Waals surface area contributed by atoms with E-state index >= 15 is 0 Å². The Hall–Kier alpha value is -3.29. The van der Waals surface area contributed by atoms with Gasteiger partial charge in [-0.25, -0.2) is 4.98 Å². The van der Waals surface area contributed by atoms with Gasteiger partial charge in [0.15, 0.2) is 0 Å². The van der Waals surface area contributed by atoms with E-state index in [0.29, 0.717) is 23.0 Å². The zero-order valence-corrected chi connectivity index (χ0v) is 20.2. The van der Waals surface area contributed by atoms with Crippen molar-refractivity contribution in [2.24, 2.45) is 0 Å². The van der Waals surface area contributed by atoms with Crippen LogP contribution in [0.4, 0.5) is 36.3 Å². The molecule has 3 aromatic rings. The van der Waals surface area contributed by atoms with E-state index in [2.05, 4.69) is 20.6 Å². The van der Waals surface area contributed by atoms with Gasteiger partial charge in [-0.15, -0.1) is 0 Å². The van der Waals surface area contributed by atoms with Crippen molar-refractivity contribution in [2.45, 2.75) is 70.6 Å². The molecule has 8 heteroatoms. The molecule has 1 aromatic heterocycles. The van der Waals surface area contributed by atoms with Crippen molar-refractivity contribution >= 4 is 23.1 Å². The second-order valence-electron chi connectivity index (χ2n) is 9.90. The fraction of sp³-hybridized carbons (Fsp3) is 0.407. The summed E-state index contributed by atoms with van der Waals surface area (Å²) < 4.78 is 46.9. The van der Waals surface area contributed by atoms with E-state index in [1.165, 1.54) is 19.3 Å². The Morgan fingerprint density at radius 1 is 0.886 bits per heavy atom. The average Bonchev–Trinajstić information content (AvgIpc) is 2.80. The molecule has 1 aliphatic rings. The lowest BCUT2D eigenvalue weighted by Crippen LogP contribution is -2.22. The Morgan fingerprint density at radius 3 is 2.26 bits per heavy atom. The van der Waals surface area contributed by atoms with E-state index in [4.69, 9.17) is 4.74 Å². The van der Waals surface area contributed by atoms with Gasteiger partial charge >= 0.3 is 6.18 Å². The van der Waals surface area contributed by atoms with Crippen molar-refractivity contribution in [2.75, 3.05) is 10.6 Å². The molecule has 0 unspecified atom stereocenters. The number of halogens is 3. The van der Waals surface area contributed by atoms with Crippen molar-refractivity contribution in [3.05, 3.63) is 65.9 Å². The molecule has 2 aromatic carbocycles. The highest BCUT2D eigenvalue weighted by Crippen LogP contribution is 2.37. The summed E-state index contributed by atoms with van der Waals surface area (Å²) in [5.41, 5.74) is 1.11. The highest BCUT2D eigenvalue weighted by atomic mass is 19.4. The first-order valence-corrected chi connectivity index (χ1v) is 11.9. The highest BCUT2D eigenvalue weighted by Gasteiger charge is 2.35. The molecule has 1 aliphatic carbocycles. The SMILES string of the molecule is CC(C)(C)Oc1ccc(Nc2ncc(C(F)(F)F)c(Nc3cccc(C4CCCCC4)c3)n2)cc1. The van der Waals surface area contributed by atoms with E-state index in [0.717, 1.165) is 24.6 Å². The third-order valence-corrected chi connectivity index (χ3v) is 5.85. The number of anilines is 4. The van der Waals surface area contributed by atoms with Crippen LogP contribution >= 0.6 is 0 Å². The second kappa shape index (κ2) is 10.1. The Morgan fingerprint density at radius 2 is 1.60 bits per heavy atom. The molecule has 0 bridgehead atoms. The molecule has 0 amide bonds. The molecular weight excluding hydrogens is 453 g/mol. The molecule has 0 spiro atoms. The molecule has 1 fully saturated rings. The number of aromatic nitrogens is 2. The van der Waals surface area contributed by atoms with Gasteiger partial charge in [0, 0.05) is 17.6 Å². The van der Waals surface area contributed by atoms with Gasteiger partial charge in [0.2, 0.25) is 5.95 Å². The van der Waals surface area contributed by atoms with Crippen molar-refractivity contribution in [3.63, 3.8) is 0 Å². The summed E-state index contributed by atoms with van der Waals surface area (Å²) in [5.74, 6) is 0.911. The molecule has 186 valence electrons. The topological polar surface area (TPSA) is 59.1 Å². The minimum Gasteiger partial charge on any atom is -0.488 e. The number of hydrogen-bond donors (Lipinski definition) is 2. The molecule has 35 heavy (non-hydrogen) atoms. The maximum absolute atomic E-state index is 13.7. The van der Waals surface area contributed by atoms with Crippen LogP contribution in [0, 0.1) is 0 Å². The van der Waals surface area contributed by atoms with Crippen LogP contribution in [0.15, 0.2) is 54.7 Å². The quantitative estimate of drug-likeness (QED) is 0.369. The van der Waals surface area contributed by atoms with Gasteiger partial charge in [-0.1, -0.05) is 31.4 Å². The van der Waals surface area contributed by atoms with Gasteiger partial charge in [0.25, 0.3) is 0 Å². The smallest absolute Gasteiger partial charge is 0.421 e. The molecule has 5 nitrogen and oxygen atoms in total. The minimum absolute atomic E-state index is 0.0634. The zero-order valence-electron chi connectivity index (χ0n) is 20.2. The number of alkyl halides is 3. The molecule has 2 N–H and O–H groups in total. The van der Waals surface area contributed by atoms with Crippen LogP contribution in [0.3, 0.4) is 0 Å².